The normalized spacial score (nSPS) is 17.5. The van der Waals surface area contributed by atoms with Gasteiger partial charge < -0.3 is 14.6 Å². The van der Waals surface area contributed by atoms with E-state index in [1.807, 2.05) is 31.0 Å². The fourth-order valence-corrected chi connectivity index (χ4v) is 2.99. The molecule has 0 radical (unpaired) electrons. The average molecular weight is 360 g/mol. The zero-order chi connectivity index (χ0) is 14.8. The zero-order valence-corrected chi connectivity index (χ0v) is 15.0. The van der Waals surface area contributed by atoms with Crippen LogP contribution in [0.3, 0.4) is 0 Å². The largest absolute Gasteiger partial charge is 0.449 e. The first-order valence-corrected chi connectivity index (χ1v) is 7.48. The summed E-state index contributed by atoms with van der Waals surface area (Å²) in [6, 6.07) is 5.52. The molecule has 0 aromatic carbocycles. The van der Waals surface area contributed by atoms with Crippen LogP contribution in [-0.4, -0.2) is 42.5 Å². The number of halogens is 2. The third-order valence-electron chi connectivity index (χ3n) is 4.02. The van der Waals surface area contributed by atoms with E-state index >= 15 is 0 Å². The highest BCUT2D eigenvalue weighted by atomic mass is 35.5. The summed E-state index contributed by atoms with van der Waals surface area (Å²) in [4.78, 5) is 18.9. The Kier molecular flexibility index (Phi) is 7.32. The number of pyridine rings is 1. The van der Waals surface area contributed by atoms with E-state index in [2.05, 4.69) is 10.3 Å². The van der Waals surface area contributed by atoms with E-state index < -0.39 is 0 Å². The second-order valence-electron chi connectivity index (χ2n) is 5.76. The third-order valence-corrected chi connectivity index (χ3v) is 4.02. The summed E-state index contributed by atoms with van der Waals surface area (Å²) in [5.74, 6) is 0.900. The predicted octanol–water partition coefficient (Wildman–Crippen LogP) is 3.05. The van der Waals surface area contributed by atoms with Crippen molar-refractivity contribution in [1.82, 2.24) is 15.2 Å². The number of nitrogens with zero attached hydrogens (tertiary/aromatic N) is 2. The van der Waals surface area contributed by atoms with Gasteiger partial charge in [0.05, 0.1) is 0 Å². The van der Waals surface area contributed by atoms with Gasteiger partial charge in [0.1, 0.15) is 5.52 Å². The second-order valence-corrected chi connectivity index (χ2v) is 5.76. The van der Waals surface area contributed by atoms with Crippen LogP contribution in [0, 0.1) is 12.8 Å². The van der Waals surface area contributed by atoms with E-state index in [0.717, 1.165) is 37.3 Å². The van der Waals surface area contributed by atoms with Crippen molar-refractivity contribution in [2.75, 3.05) is 26.7 Å². The van der Waals surface area contributed by atoms with Crippen LogP contribution in [0.2, 0.25) is 0 Å². The molecule has 1 aliphatic rings. The number of hydrogen-bond acceptors (Lipinski definition) is 4. The topological polar surface area (TPSA) is 58.4 Å². The number of carbonyl (C=O) groups is 1. The van der Waals surface area contributed by atoms with Gasteiger partial charge in [-0.05, 0) is 51.4 Å². The Bertz CT molecular complexity index is 658. The van der Waals surface area contributed by atoms with Crippen molar-refractivity contribution >= 4 is 41.8 Å². The van der Waals surface area contributed by atoms with Gasteiger partial charge in [-0.3, -0.25) is 4.79 Å². The average Bonchev–Trinajstić information content (AvgIpc) is 2.90. The molecule has 0 bridgehead atoms. The summed E-state index contributed by atoms with van der Waals surface area (Å²) in [6.45, 7) is 4.48. The van der Waals surface area contributed by atoms with Crippen molar-refractivity contribution < 1.29 is 9.21 Å². The molecule has 3 rings (SSSR count). The zero-order valence-electron chi connectivity index (χ0n) is 13.4. The summed E-state index contributed by atoms with van der Waals surface area (Å²) in [7, 11) is 1.95. The fraction of sp³-hybridized carbons (Fsp3) is 0.500. The lowest BCUT2D eigenvalue weighted by Gasteiger charge is -2.32. The Hall–Kier alpha value is -1.30. The summed E-state index contributed by atoms with van der Waals surface area (Å²) >= 11 is 0. The molecular weight excluding hydrogens is 337 g/mol. The second kappa shape index (κ2) is 8.52. The SMILES string of the molecule is CNCC1CCCN(C(=O)c2cc3nc(C)ccc3o2)C1.Cl.Cl. The minimum atomic E-state index is -0.0218. The van der Waals surface area contributed by atoms with Crippen LogP contribution in [0.4, 0.5) is 0 Å². The van der Waals surface area contributed by atoms with E-state index in [1.165, 1.54) is 6.42 Å². The van der Waals surface area contributed by atoms with E-state index in [0.29, 0.717) is 17.3 Å². The number of amides is 1. The minimum absolute atomic E-state index is 0. The number of likely N-dealkylation sites (tertiary alicyclic amines) is 1. The Morgan fingerprint density at radius 3 is 2.96 bits per heavy atom. The molecule has 1 fully saturated rings. The molecule has 0 spiro atoms. The van der Waals surface area contributed by atoms with Crippen LogP contribution in [0.5, 0.6) is 0 Å². The molecule has 1 N–H and O–H groups in total. The van der Waals surface area contributed by atoms with Crippen LogP contribution in [0.15, 0.2) is 22.6 Å². The van der Waals surface area contributed by atoms with Crippen molar-refractivity contribution in [3.8, 4) is 0 Å². The summed E-state index contributed by atoms with van der Waals surface area (Å²) in [5.41, 5.74) is 2.35. The minimum Gasteiger partial charge on any atom is -0.449 e. The Labute approximate surface area is 148 Å². The number of hydrogen-bond donors (Lipinski definition) is 1. The molecule has 3 heterocycles. The fourth-order valence-electron chi connectivity index (χ4n) is 2.99. The molecule has 1 aliphatic heterocycles. The number of carbonyl (C=O) groups excluding carboxylic acids is 1. The molecule has 1 amide bonds. The van der Waals surface area contributed by atoms with E-state index in [-0.39, 0.29) is 30.7 Å². The quantitative estimate of drug-likeness (QED) is 0.914. The monoisotopic (exact) mass is 359 g/mol. The lowest BCUT2D eigenvalue weighted by Crippen LogP contribution is -2.42. The van der Waals surface area contributed by atoms with Gasteiger partial charge in [0, 0.05) is 24.8 Å². The number of rotatable bonds is 3. The highest BCUT2D eigenvalue weighted by Crippen LogP contribution is 2.22. The molecule has 1 saturated heterocycles. The van der Waals surface area contributed by atoms with Crippen molar-refractivity contribution in [3.63, 3.8) is 0 Å². The van der Waals surface area contributed by atoms with Gasteiger partial charge >= 0.3 is 0 Å². The van der Waals surface area contributed by atoms with E-state index in [1.54, 1.807) is 6.07 Å². The standard InChI is InChI=1S/C16H21N3O2.2ClH/c1-11-5-6-14-13(18-11)8-15(21-14)16(20)19-7-3-4-12(10-19)9-17-2;;/h5-6,8,12,17H,3-4,7,9-10H2,1-2H3;2*1H. The summed E-state index contributed by atoms with van der Waals surface area (Å²) in [5, 5.41) is 3.19. The molecule has 2 aromatic rings. The van der Waals surface area contributed by atoms with Crippen molar-refractivity contribution in [2.45, 2.75) is 19.8 Å². The third kappa shape index (κ3) is 4.37. The Balaban J connectivity index is 0.00000132. The predicted molar refractivity (Wildman–Crippen MR) is 95.8 cm³/mol. The molecule has 5 nitrogen and oxygen atoms in total. The van der Waals surface area contributed by atoms with Crippen LogP contribution in [0.1, 0.15) is 29.1 Å². The van der Waals surface area contributed by atoms with Gasteiger partial charge in [-0.2, -0.15) is 0 Å². The molecule has 0 aliphatic carbocycles. The van der Waals surface area contributed by atoms with Gasteiger partial charge in [0.2, 0.25) is 0 Å². The van der Waals surface area contributed by atoms with Crippen LogP contribution in [0.25, 0.3) is 11.1 Å². The van der Waals surface area contributed by atoms with E-state index in [9.17, 15) is 4.79 Å². The van der Waals surface area contributed by atoms with Gasteiger partial charge in [0.15, 0.2) is 11.3 Å². The molecule has 1 unspecified atom stereocenters. The Morgan fingerprint density at radius 2 is 2.22 bits per heavy atom. The summed E-state index contributed by atoms with van der Waals surface area (Å²) in [6.07, 6.45) is 2.22. The maximum Gasteiger partial charge on any atom is 0.289 e. The summed E-state index contributed by atoms with van der Waals surface area (Å²) < 4.78 is 5.66. The molecular formula is C16H23Cl2N3O2. The highest BCUT2D eigenvalue weighted by Gasteiger charge is 2.26. The van der Waals surface area contributed by atoms with Crippen molar-refractivity contribution in [1.29, 1.82) is 0 Å². The number of furan rings is 1. The molecule has 23 heavy (non-hydrogen) atoms. The Morgan fingerprint density at radius 1 is 1.43 bits per heavy atom. The van der Waals surface area contributed by atoms with Gasteiger partial charge in [-0.1, -0.05) is 0 Å². The number of aryl methyl sites for hydroxylation is 1. The lowest BCUT2D eigenvalue weighted by molar-refractivity contribution is 0.0644. The van der Waals surface area contributed by atoms with Crippen LogP contribution < -0.4 is 5.32 Å². The number of nitrogens with one attached hydrogen (secondary N) is 1. The van der Waals surface area contributed by atoms with Gasteiger partial charge in [-0.25, -0.2) is 4.98 Å². The highest BCUT2D eigenvalue weighted by molar-refractivity contribution is 5.95. The first kappa shape index (κ1) is 19.7. The number of aromatic nitrogens is 1. The number of piperidine rings is 1. The van der Waals surface area contributed by atoms with Crippen LogP contribution >= 0.6 is 24.8 Å². The maximum absolute atomic E-state index is 12.6. The first-order chi connectivity index (χ1) is 10.2. The van der Waals surface area contributed by atoms with Crippen molar-refractivity contribution in [2.24, 2.45) is 5.92 Å². The van der Waals surface area contributed by atoms with Crippen molar-refractivity contribution in [3.05, 3.63) is 29.7 Å². The molecule has 128 valence electrons. The van der Waals surface area contributed by atoms with Crippen LogP contribution in [-0.2, 0) is 0 Å². The smallest absolute Gasteiger partial charge is 0.289 e. The molecule has 0 saturated carbocycles. The maximum atomic E-state index is 12.6. The van der Waals surface area contributed by atoms with Gasteiger partial charge in [-0.15, -0.1) is 24.8 Å². The first-order valence-electron chi connectivity index (χ1n) is 7.48. The van der Waals surface area contributed by atoms with Gasteiger partial charge in [0.25, 0.3) is 5.91 Å². The van der Waals surface area contributed by atoms with E-state index in [4.69, 9.17) is 4.42 Å². The molecule has 2 aromatic heterocycles. The molecule has 1 atom stereocenters. The molecule has 7 heteroatoms. The number of fused-ring (bicyclic) bond motifs is 1. The lowest BCUT2D eigenvalue weighted by atomic mass is 9.98.